The quantitative estimate of drug-likeness (QED) is 0.840. The van der Waals surface area contributed by atoms with Crippen LogP contribution in [0.2, 0.25) is 0 Å². The number of nitrogens with one attached hydrogen (secondary N) is 1. The number of aromatic nitrogens is 2. The van der Waals surface area contributed by atoms with Crippen LogP contribution in [-0.4, -0.2) is 21.8 Å². The lowest BCUT2D eigenvalue weighted by molar-refractivity contribution is -0.135. The van der Waals surface area contributed by atoms with E-state index >= 15 is 0 Å². The molecule has 1 aromatic rings. The molecule has 1 rings (SSSR count). The summed E-state index contributed by atoms with van der Waals surface area (Å²) in [5.74, 6) is 0. The van der Waals surface area contributed by atoms with Gasteiger partial charge < -0.3 is 9.88 Å². The van der Waals surface area contributed by atoms with Crippen LogP contribution in [0.3, 0.4) is 0 Å². The Morgan fingerprint density at radius 1 is 1.41 bits per heavy atom. The van der Waals surface area contributed by atoms with E-state index in [1.807, 2.05) is 13.8 Å². The minimum atomic E-state index is -4.07. The van der Waals surface area contributed by atoms with Crippen molar-refractivity contribution >= 4 is 0 Å². The van der Waals surface area contributed by atoms with Crippen LogP contribution in [0.1, 0.15) is 32.4 Å². The van der Waals surface area contributed by atoms with E-state index in [9.17, 15) is 13.2 Å². The van der Waals surface area contributed by atoms with Crippen molar-refractivity contribution in [3.8, 4) is 0 Å². The minimum absolute atomic E-state index is 0.0942. The molecule has 3 nitrogen and oxygen atoms in total. The predicted molar refractivity (Wildman–Crippen MR) is 59.5 cm³/mol. The van der Waals surface area contributed by atoms with Crippen molar-refractivity contribution in [2.75, 3.05) is 0 Å². The molecule has 17 heavy (non-hydrogen) atoms. The molecule has 98 valence electrons. The molecule has 6 heteroatoms. The van der Waals surface area contributed by atoms with Gasteiger partial charge in [0.2, 0.25) is 0 Å². The Hall–Kier alpha value is -1.04. The van der Waals surface area contributed by atoms with E-state index in [-0.39, 0.29) is 6.42 Å². The number of alkyl halides is 3. The highest BCUT2D eigenvalue weighted by molar-refractivity contribution is 4.96. The maximum absolute atomic E-state index is 11.9. The molecule has 0 atom stereocenters. The zero-order valence-electron chi connectivity index (χ0n) is 10.1. The smallest absolute Gasteiger partial charge is 0.337 e. The number of aryl methyl sites for hydroxylation is 1. The number of hydrogen-bond donors (Lipinski definition) is 1. The molecule has 0 amide bonds. The van der Waals surface area contributed by atoms with Gasteiger partial charge in [0, 0.05) is 31.7 Å². The molecule has 0 saturated heterocycles. The van der Waals surface area contributed by atoms with Gasteiger partial charge in [-0.1, -0.05) is 13.8 Å². The van der Waals surface area contributed by atoms with E-state index in [1.165, 1.54) is 0 Å². The van der Waals surface area contributed by atoms with Gasteiger partial charge in [0.05, 0.1) is 12.0 Å². The third-order valence-electron chi connectivity index (χ3n) is 2.25. The Balaban J connectivity index is 2.31. The normalized spacial score (nSPS) is 12.4. The summed E-state index contributed by atoms with van der Waals surface area (Å²) >= 11 is 0. The lowest BCUT2D eigenvalue weighted by atomic mass is 10.3. The average Bonchev–Trinajstić information content (AvgIpc) is 2.61. The molecular formula is C11H18F3N3. The summed E-state index contributed by atoms with van der Waals surface area (Å²) in [5.41, 5.74) is 0.853. The Bertz CT molecular complexity index is 331. The standard InChI is InChI=1S/C11H18F3N3/c1-9(2)15-6-10-7-17(8-16-10)5-3-4-11(12,13)14/h7-9,15H,3-6H2,1-2H3. The number of nitrogens with zero attached hydrogens (tertiary/aromatic N) is 2. The summed E-state index contributed by atoms with van der Waals surface area (Å²) < 4.78 is 37.5. The topological polar surface area (TPSA) is 29.9 Å². The lowest BCUT2D eigenvalue weighted by Crippen LogP contribution is -2.21. The first-order valence-electron chi connectivity index (χ1n) is 5.67. The van der Waals surface area contributed by atoms with E-state index in [2.05, 4.69) is 10.3 Å². The molecule has 0 aromatic carbocycles. The van der Waals surface area contributed by atoms with Gasteiger partial charge in [0.25, 0.3) is 0 Å². The third kappa shape index (κ3) is 6.31. The van der Waals surface area contributed by atoms with Crippen molar-refractivity contribution in [2.45, 2.75) is 52.0 Å². The molecule has 0 aliphatic rings. The molecule has 1 aromatic heterocycles. The largest absolute Gasteiger partial charge is 0.389 e. The zero-order valence-corrected chi connectivity index (χ0v) is 10.1. The Morgan fingerprint density at radius 3 is 2.71 bits per heavy atom. The van der Waals surface area contributed by atoms with Crippen LogP contribution < -0.4 is 5.32 Å². The first-order chi connectivity index (χ1) is 7.87. The van der Waals surface area contributed by atoms with Crippen LogP contribution in [0.15, 0.2) is 12.5 Å². The predicted octanol–water partition coefficient (Wildman–Crippen LogP) is 2.72. The van der Waals surface area contributed by atoms with Crippen molar-refractivity contribution in [1.29, 1.82) is 0 Å². The highest BCUT2D eigenvalue weighted by atomic mass is 19.4. The van der Waals surface area contributed by atoms with Gasteiger partial charge in [0.1, 0.15) is 0 Å². The van der Waals surface area contributed by atoms with E-state index < -0.39 is 12.6 Å². The summed E-state index contributed by atoms with van der Waals surface area (Å²) in [5, 5.41) is 3.20. The summed E-state index contributed by atoms with van der Waals surface area (Å²) in [7, 11) is 0. The van der Waals surface area contributed by atoms with Gasteiger partial charge in [0.15, 0.2) is 0 Å². The maximum atomic E-state index is 11.9. The number of hydrogen-bond acceptors (Lipinski definition) is 2. The van der Waals surface area contributed by atoms with Gasteiger partial charge in [-0.15, -0.1) is 0 Å². The van der Waals surface area contributed by atoms with Gasteiger partial charge in [-0.05, 0) is 6.42 Å². The second-order valence-electron chi connectivity index (χ2n) is 4.36. The van der Waals surface area contributed by atoms with Crippen LogP contribution in [0.5, 0.6) is 0 Å². The van der Waals surface area contributed by atoms with Crippen LogP contribution in [0, 0.1) is 0 Å². The van der Waals surface area contributed by atoms with Gasteiger partial charge in [-0.2, -0.15) is 13.2 Å². The van der Waals surface area contributed by atoms with Crippen LogP contribution in [0.25, 0.3) is 0 Å². The molecule has 0 fully saturated rings. The van der Waals surface area contributed by atoms with Crippen molar-refractivity contribution in [3.05, 3.63) is 18.2 Å². The third-order valence-corrected chi connectivity index (χ3v) is 2.25. The molecule has 0 radical (unpaired) electrons. The summed E-state index contributed by atoms with van der Waals surface area (Å²) in [4.78, 5) is 4.12. The van der Waals surface area contributed by atoms with Crippen molar-refractivity contribution in [1.82, 2.24) is 14.9 Å². The number of imidazole rings is 1. The van der Waals surface area contributed by atoms with Crippen molar-refractivity contribution in [2.24, 2.45) is 0 Å². The SMILES string of the molecule is CC(C)NCc1cn(CCCC(F)(F)F)cn1. The minimum Gasteiger partial charge on any atom is -0.337 e. The molecular weight excluding hydrogens is 231 g/mol. The molecule has 0 aliphatic heterocycles. The van der Waals surface area contributed by atoms with E-state index in [1.54, 1.807) is 17.1 Å². The molecule has 1 heterocycles. The number of halogens is 3. The second-order valence-corrected chi connectivity index (χ2v) is 4.36. The molecule has 1 N–H and O–H groups in total. The molecule has 0 aliphatic carbocycles. The molecule has 0 unspecified atom stereocenters. The summed E-state index contributed by atoms with van der Waals surface area (Å²) in [6.07, 6.45) is -1.36. The second kappa shape index (κ2) is 6.05. The first kappa shape index (κ1) is 14.0. The van der Waals surface area contributed by atoms with Gasteiger partial charge in [-0.25, -0.2) is 4.98 Å². The fraction of sp³-hybridized carbons (Fsp3) is 0.727. The van der Waals surface area contributed by atoms with Gasteiger partial charge >= 0.3 is 6.18 Å². The molecule has 0 saturated carbocycles. The number of rotatable bonds is 6. The lowest BCUT2D eigenvalue weighted by Gasteiger charge is -2.06. The fourth-order valence-corrected chi connectivity index (χ4v) is 1.39. The highest BCUT2D eigenvalue weighted by Gasteiger charge is 2.25. The average molecular weight is 249 g/mol. The maximum Gasteiger partial charge on any atom is 0.389 e. The Morgan fingerprint density at radius 2 is 2.12 bits per heavy atom. The van der Waals surface area contributed by atoms with Gasteiger partial charge in [-0.3, -0.25) is 0 Å². The van der Waals surface area contributed by atoms with Crippen molar-refractivity contribution < 1.29 is 13.2 Å². The molecule has 0 bridgehead atoms. The van der Waals surface area contributed by atoms with E-state index in [0.29, 0.717) is 19.1 Å². The van der Waals surface area contributed by atoms with Crippen LogP contribution >= 0.6 is 0 Å². The summed E-state index contributed by atoms with van der Waals surface area (Å²) in [6, 6.07) is 0.366. The van der Waals surface area contributed by atoms with Crippen LogP contribution in [-0.2, 0) is 13.1 Å². The fourth-order valence-electron chi connectivity index (χ4n) is 1.39. The van der Waals surface area contributed by atoms with E-state index in [0.717, 1.165) is 5.69 Å². The van der Waals surface area contributed by atoms with E-state index in [4.69, 9.17) is 0 Å². The monoisotopic (exact) mass is 249 g/mol. The zero-order chi connectivity index (χ0) is 12.9. The van der Waals surface area contributed by atoms with Crippen LogP contribution in [0.4, 0.5) is 13.2 Å². The molecule has 0 spiro atoms. The summed E-state index contributed by atoms with van der Waals surface area (Å²) in [6.45, 7) is 5.05. The highest BCUT2D eigenvalue weighted by Crippen LogP contribution is 2.21. The van der Waals surface area contributed by atoms with Crippen molar-refractivity contribution in [3.63, 3.8) is 0 Å². The Labute approximate surface area is 99.0 Å². The Kier molecular flexibility index (Phi) is 4.99. The first-order valence-corrected chi connectivity index (χ1v) is 5.67.